The smallest absolute Gasteiger partial charge is 0.318 e. The maximum atomic E-state index is 13.1. The van der Waals surface area contributed by atoms with Gasteiger partial charge in [0.25, 0.3) is 5.91 Å². The molecule has 152 valence electrons. The predicted octanol–water partition coefficient (Wildman–Crippen LogP) is 5.27. The molecule has 4 nitrogen and oxygen atoms in total. The van der Waals surface area contributed by atoms with Crippen LogP contribution in [0, 0.1) is 13.8 Å². The number of aryl methyl sites for hydroxylation is 1. The van der Waals surface area contributed by atoms with Gasteiger partial charge in [0.1, 0.15) is 11.5 Å². The topological polar surface area (TPSA) is 37.6 Å². The van der Waals surface area contributed by atoms with Gasteiger partial charge in [-0.15, -0.1) is 0 Å². The zero-order valence-corrected chi connectivity index (χ0v) is 16.4. The lowest BCUT2D eigenvalue weighted by atomic mass is 10.2. The first-order chi connectivity index (χ1) is 13.8. The lowest BCUT2D eigenvalue weighted by Gasteiger charge is -2.14. The molecule has 0 radical (unpaired) electrons. The molecular formula is C22H22F3N3O. The number of halogens is 3. The van der Waals surface area contributed by atoms with E-state index in [2.05, 4.69) is 4.99 Å². The van der Waals surface area contributed by atoms with Crippen molar-refractivity contribution in [1.29, 1.82) is 0 Å². The number of benzene rings is 1. The van der Waals surface area contributed by atoms with Crippen LogP contribution >= 0.6 is 0 Å². The maximum absolute atomic E-state index is 13.1. The summed E-state index contributed by atoms with van der Waals surface area (Å²) in [6, 6.07) is 7.13. The number of aliphatic imine (C=N–C) groups is 1. The Hall–Kier alpha value is -2.83. The minimum absolute atomic E-state index is 0.0919. The van der Waals surface area contributed by atoms with E-state index < -0.39 is 11.7 Å². The number of aromatic nitrogens is 1. The summed E-state index contributed by atoms with van der Waals surface area (Å²) in [5, 5.41) is 0. The number of hydrogen-bond acceptors (Lipinski definition) is 2. The molecule has 1 amide bonds. The Morgan fingerprint density at radius 1 is 1.10 bits per heavy atom. The summed E-state index contributed by atoms with van der Waals surface area (Å²) in [5.41, 5.74) is 2.49. The van der Waals surface area contributed by atoms with Gasteiger partial charge in [-0.2, -0.15) is 13.2 Å². The van der Waals surface area contributed by atoms with E-state index in [1.54, 1.807) is 21.6 Å². The molecule has 1 saturated heterocycles. The molecule has 0 unspecified atom stereocenters. The quantitative estimate of drug-likeness (QED) is 0.632. The van der Waals surface area contributed by atoms with Crippen molar-refractivity contribution in [1.82, 2.24) is 9.47 Å². The van der Waals surface area contributed by atoms with Crippen molar-refractivity contribution in [3.05, 3.63) is 58.5 Å². The molecule has 7 heteroatoms. The molecule has 3 heterocycles. The Kier molecular flexibility index (Phi) is 4.84. The third-order valence-electron chi connectivity index (χ3n) is 5.50. The van der Waals surface area contributed by atoms with Crippen LogP contribution in [0.3, 0.4) is 0 Å². The first-order valence-electron chi connectivity index (χ1n) is 9.73. The van der Waals surface area contributed by atoms with Gasteiger partial charge in [-0.25, -0.2) is 4.99 Å². The van der Waals surface area contributed by atoms with Gasteiger partial charge in [0.2, 0.25) is 0 Å². The minimum Gasteiger partial charge on any atom is -0.318 e. The van der Waals surface area contributed by atoms with Crippen LogP contribution in [0.2, 0.25) is 0 Å². The van der Waals surface area contributed by atoms with Gasteiger partial charge in [0.15, 0.2) is 0 Å². The van der Waals surface area contributed by atoms with E-state index >= 15 is 0 Å². The highest BCUT2D eigenvalue weighted by Gasteiger charge is 2.32. The second-order valence-corrected chi connectivity index (χ2v) is 7.54. The fourth-order valence-corrected chi connectivity index (χ4v) is 4.05. The normalized spacial score (nSPS) is 18.8. The monoisotopic (exact) mass is 401 g/mol. The molecule has 0 aliphatic carbocycles. The second kappa shape index (κ2) is 7.21. The van der Waals surface area contributed by atoms with E-state index in [1.807, 2.05) is 19.9 Å². The van der Waals surface area contributed by atoms with Gasteiger partial charge in [-0.1, -0.05) is 12.5 Å². The summed E-state index contributed by atoms with van der Waals surface area (Å²) in [6.07, 6.45) is 1.25. The maximum Gasteiger partial charge on any atom is 0.416 e. The molecule has 0 N–H and O–H groups in total. The number of nitrogens with zero attached hydrogens (tertiary/aromatic N) is 3. The summed E-state index contributed by atoms with van der Waals surface area (Å²) in [5.74, 6) is 0.733. The van der Waals surface area contributed by atoms with Crippen LogP contribution in [0.5, 0.6) is 0 Å². The summed E-state index contributed by atoms with van der Waals surface area (Å²) < 4.78 is 41.1. The van der Waals surface area contributed by atoms with Crippen LogP contribution in [0.15, 0.2) is 41.0 Å². The van der Waals surface area contributed by atoms with Crippen LogP contribution in [-0.4, -0.2) is 27.8 Å². The summed E-state index contributed by atoms with van der Waals surface area (Å²) >= 11 is 0. The zero-order chi connectivity index (χ0) is 20.8. The van der Waals surface area contributed by atoms with Crippen molar-refractivity contribution in [3.8, 4) is 5.69 Å². The van der Waals surface area contributed by atoms with Gasteiger partial charge in [0.05, 0.1) is 5.56 Å². The fraction of sp³-hybridized carbons (Fsp3) is 0.364. The Bertz CT molecular complexity index is 1030. The largest absolute Gasteiger partial charge is 0.416 e. The molecule has 0 atom stereocenters. The standard InChI is InChI=1S/C22H22F3N3O/c1-14-11-16(12-19-21(29)27-10-5-3-4-9-20(27)26-19)15(2)28(14)18-8-6-7-17(13-18)22(23,24)25/h6-8,11-13H,3-5,9-10H2,1-2H3/b19-12-. The third-order valence-corrected chi connectivity index (χ3v) is 5.50. The number of carbonyl (C=O) groups is 1. The lowest BCUT2D eigenvalue weighted by Crippen LogP contribution is -2.31. The van der Waals surface area contributed by atoms with E-state index in [0.29, 0.717) is 17.9 Å². The number of amidine groups is 1. The van der Waals surface area contributed by atoms with E-state index in [-0.39, 0.29) is 5.91 Å². The number of amides is 1. The number of fused-ring (bicyclic) bond motifs is 1. The molecule has 2 aliphatic heterocycles. The predicted molar refractivity (Wildman–Crippen MR) is 106 cm³/mol. The summed E-state index contributed by atoms with van der Waals surface area (Å²) in [6.45, 7) is 4.37. The van der Waals surface area contributed by atoms with Crippen molar-refractivity contribution < 1.29 is 18.0 Å². The van der Waals surface area contributed by atoms with Crippen LogP contribution in [-0.2, 0) is 11.0 Å². The van der Waals surface area contributed by atoms with Crippen molar-refractivity contribution in [3.63, 3.8) is 0 Å². The van der Waals surface area contributed by atoms with Crippen molar-refractivity contribution in [2.45, 2.75) is 45.7 Å². The average Bonchev–Trinajstić information content (AvgIpc) is 2.99. The van der Waals surface area contributed by atoms with Gasteiger partial charge in [0, 0.05) is 30.0 Å². The SMILES string of the molecule is Cc1cc(/C=C2\N=C3CCCCCN3C2=O)c(C)n1-c1cccc(C(F)(F)F)c1. The molecule has 1 fully saturated rings. The molecule has 4 rings (SSSR count). The number of alkyl halides is 3. The molecule has 0 bridgehead atoms. The van der Waals surface area contributed by atoms with Crippen LogP contribution < -0.4 is 0 Å². The molecule has 29 heavy (non-hydrogen) atoms. The third kappa shape index (κ3) is 3.61. The Morgan fingerprint density at radius 2 is 1.90 bits per heavy atom. The van der Waals surface area contributed by atoms with Crippen LogP contribution in [0.1, 0.15) is 48.2 Å². The first kappa shape index (κ1) is 19.5. The highest BCUT2D eigenvalue weighted by Crippen LogP contribution is 2.32. The van der Waals surface area contributed by atoms with E-state index in [4.69, 9.17) is 0 Å². The summed E-state index contributed by atoms with van der Waals surface area (Å²) in [4.78, 5) is 19.0. The molecule has 0 spiro atoms. The van der Waals surface area contributed by atoms with Crippen molar-refractivity contribution in [2.24, 2.45) is 4.99 Å². The van der Waals surface area contributed by atoms with E-state index in [1.165, 1.54) is 6.07 Å². The molecular weight excluding hydrogens is 379 g/mol. The van der Waals surface area contributed by atoms with Crippen molar-refractivity contribution >= 4 is 17.8 Å². The average molecular weight is 401 g/mol. The van der Waals surface area contributed by atoms with Gasteiger partial charge >= 0.3 is 6.18 Å². The van der Waals surface area contributed by atoms with E-state index in [9.17, 15) is 18.0 Å². The highest BCUT2D eigenvalue weighted by atomic mass is 19.4. The Balaban J connectivity index is 1.72. The number of hydrogen-bond donors (Lipinski definition) is 0. The molecule has 2 aliphatic rings. The van der Waals surface area contributed by atoms with Gasteiger partial charge in [-0.3, -0.25) is 9.69 Å². The summed E-state index contributed by atoms with van der Waals surface area (Å²) in [7, 11) is 0. The number of carbonyl (C=O) groups excluding carboxylic acids is 1. The first-order valence-corrected chi connectivity index (χ1v) is 9.73. The fourth-order valence-electron chi connectivity index (χ4n) is 4.05. The highest BCUT2D eigenvalue weighted by molar-refractivity contribution is 6.14. The molecule has 1 aromatic heterocycles. The number of rotatable bonds is 2. The van der Waals surface area contributed by atoms with E-state index in [0.717, 1.165) is 60.6 Å². The van der Waals surface area contributed by atoms with Crippen LogP contribution in [0.4, 0.5) is 13.2 Å². The molecule has 0 saturated carbocycles. The molecule has 2 aromatic rings. The lowest BCUT2D eigenvalue weighted by molar-refractivity contribution is -0.137. The van der Waals surface area contributed by atoms with Gasteiger partial charge in [-0.05, 0) is 62.6 Å². The van der Waals surface area contributed by atoms with Crippen LogP contribution in [0.25, 0.3) is 11.8 Å². The van der Waals surface area contributed by atoms with Crippen molar-refractivity contribution in [2.75, 3.05) is 6.54 Å². The second-order valence-electron chi connectivity index (χ2n) is 7.54. The minimum atomic E-state index is -4.40. The Morgan fingerprint density at radius 3 is 2.66 bits per heavy atom. The van der Waals surface area contributed by atoms with Gasteiger partial charge < -0.3 is 4.57 Å². The Labute approximate surface area is 167 Å². The zero-order valence-electron chi connectivity index (χ0n) is 16.4. The molecule has 1 aromatic carbocycles.